The average molecular weight is 233 g/mol. The highest BCUT2D eigenvalue weighted by molar-refractivity contribution is 5.86. The van der Waals surface area contributed by atoms with Gasteiger partial charge in [-0.1, -0.05) is 12.1 Å². The topological polar surface area (TPSA) is 36.4 Å². The van der Waals surface area contributed by atoms with Gasteiger partial charge in [0.2, 0.25) is 0 Å². The van der Waals surface area contributed by atoms with Crippen LogP contribution in [-0.2, 0) is 6.42 Å². The predicted molar refractivity (Wildman–Crippen MR) is 65.7 cm³/mol. The molecule has 1 aromatic rings. The maximum absolute atomic E-state index is 12.8. The summed E-state index contributed by atoms with van der Waals surface area (Å²) in [5.74, 6) is 0.850. The van der Waals surface area contributed by atoms with E-state index in [4.69, 9.17) is 4.99 Å². The molecule has 1 aromatic carbocycles. The third-order valence-corrected chi connectivity index (χ3v) is 3.40. The number of hydrogen-bond donors (Lipinski definition) is 2. The van der Waals surface area contributed by atoms with Gasteiger partial charge >= 0.3 is 0 Å². The second-order valence-corrected chi connectivity index (χ2v) is 4.69. The smallest absolute Gasteiger partial charge is 0.123 e. The molecule has 0 saturated carbocycles. The van der Waals surface area contributed by atoms with Crippen LogP contribution >= 0.6 is 0 Å². The fourth-order valence-corrected chi connectivity index (χ4v) is 2.49. The van der Waals surface area contributed by atoms with Crippen molar-refractivity contribution in [3.8, 4) is 0 Å². The van der Waals surface area contributed by atoms with Gasteiger partial charge in [-0.05, 0) is 30.7 Å². The number of nitrogens with zero attached hydrogens (tertiary/aromatic N) is 1. The van der Waals surface area contributed by atoms with Gasteiger partial charge in [0.1, 0.15) is 11.7 Å². The predicted octanol–water partition coefficient (Wildman–Crippen LogP) is 1.10. The zero-order valence-electron chi connectivity index (χ0n) is 9.62. The van der Waals surface area contributed by atoms with Gasteiger partial charge in [0.15, 0.2) is 0 Å². The summed E-state index contributed by atoms with van der Waals surface area (Å²) in [6.07, 6.45) is 1.87. The second kappa shape index (κ2) is 4.45. The first-order valence-electron chi connectivity index (χ1n) is 6.09. The van der Waals surface area contributed by atoms with Crippen LogP contribution in [-0.4, -0.2) is 31.0 Å². The molecule has 1 saturated heterocycles. The van der Waals surface area contributed by atoms with Gasteiger partial charge < -0.3 is 10.6 Å². The Balaban J connectivity index is 1.68. The zero-order chi connectivity index (χ0) is 11.7. The van der Waals surface area contributed by atoms with E-state index in [-0.39, 0.29) is 5.82 Å². The molecule has 0 bridgehead atoms. The van der Waals surface area contributed by atoms with Crippen molar-refractivity contribution in [2.24, 2.45) is 4.99 Å². The summed E-state index contributed by atoms with van der Waals surface area (Å²) in [5, 5.41) is 6.81. The van der Waals surface area contributed by atoms with Crippen molar-refractivity contribution >= 4 is 5.84 Å². The minimum absolute atomic E-state index is 0.187. The number of piperidine rings is 1. The Morgan fingerprint density at radius 2 is 2.12 bits per heavy atom. The Labute approximate surface area is 100 Å². The molecule has 90 valence electrons. The summed E-state index contributed by atoms with van der Waals surface area (Å²) >= 11 is 0. The number of rotatable bonds is 2. The number of benzene rings is 1. The second-order valence-electron chi connectivity index (χ2n) is 4.69. The molecule has 3 nitrogen and oxygen atoms in total. The Bertz CT molecular complexity index is 427. The molecule has 2 N–H and O–H groups in total. The van der Waals surface area contributed by atoms with Crippen LogP contribution in [0.1, 0.15) is 12.0 Å². The summed E-state index contributed by atoms with van der Waals surface area (Å²) in [6.45, 7) is 2.04. The molecule has 4 heteroatoms. The molecular formula is C13H16FN3. The van der Waals surface area contributed by atoms with Crippen molar-refractivity contribution in [1.82, 2.24) is 10.6 Å². The van der Waals surface area contributed by atoms with Crippen LogP contribution in [0.5, 0.6) is 0 Å². The number of halogens is 1. The van der Waals surface area contributed by atoms with Crippen molar-refractivity contribution in [1.29, 1.82) is 0 Å². The van der Waals surface area contributed by atoms with Crippen LogP contribution in [0, 0.1) is 5.82 Å². The highest BCUT2D eigenvalue weighted by Crippen LogP contribution is 2.15. The van der Waals surface area contributed by atoms with Gasteiger partial charge in [-0.3, -0.25) is 4.99 Å². The largest absolute Gasteiger partial charge is 0.367 e. The lowest BCUT2D eigenvalue weighted by molar-refractivity contribution is 0.402. The molecular weight excluding hydrogens is 217 g/mol. The quantitative estimate of drug-likeness (QED) is 0.802. The van der Waals surface area contributed by atoms with Crippen LogP contribution in [0.4, 0.5) is 4.39 Å². The molecule has 1 fully saturated rings. The van der Waals surface area contributed by atoms with Crippen molar-refractivity contribution in [3.05, 3.63) is 35.6 Å². The summed E-state index contributed by atoms with van der Waals surface area (Å²) < 4.78 is 12.8. The highest BCUT2D eigenvalue weighted by Gasteiger charge is 2.30. The lowest BCUT2D eigenvalue weighted by Gasteiger charge is -2.24. The minimum atomic E-state index is -0.187. The minimum Gasteiger partial charge on any atom is -0.367 e. The summed E-state index contributed by atoms with van der Waals surface area (Å²) in [7, 11) is 0. The third kappa shape index (κ3) is 2.31. The molecule has 2 heterocycles. The molecule has 2 aliphatic heterocycles. The van der Waals surface area contributed by atoms with Crippen LogP contribution in [0.25, 0.3) is 0 Å². The van der Waals surface area contributed by atoms with E-state index in [2.05, 4.69) is 10.6 Å². The number of aliphatic imine (C=N–C) groups is 1. The lowest BCUT2D eigenvalue weighted by Crippen LogP contribution is -2.48. The van der Waals surface area contributed by atoms with E-state index in [1.165, 1.54) is 12.1 Å². The maximum atomic E-state index is 12.8. The van der Waals surface area contributed by atoms with E-state index in [0.717, 1.165) is 37.3 Å². The van der Waals surface area contributed by atoms with Crippen LogP contribution < -0.4 is 10.6 Å². The standard InChI is InChI=1S/C13H16FN3/c14-10-3-1-9(2-4-10)7-13-16-11-5-6-15-8-12(11)17-13/h1-4,11-12,15H,5-8H2,(H,16,17). The van der Waals surface area contributed by atoms with Crippen molar-refractivity contribution in [3.63, 3.8) is 0 Å². The molecule has 3 rings (SSSR count). The molecule has 0 radical (unpaired) electrons. The van der Waals surface area contributed by atoms with Gasteiger partial charge in [-0.2, -0.15) is 0 Å². The SMILES string of the molecule is Fc1ccc(CC2=NC3CCNCC3N2)cc1. The van der Waals surface area contributed by atoms with E-state index >= 15 is 0 Å². The first-order chi connectivity index (χ1) is 8.31. The monoisotopic (exact) mass is 233 g/mol. The molecule has 17 heavy (non-hydrogen) atoms. The van der Waals surface area contributed by atoms with Gasteiger partial charge in [0.25, 0.3) is 0 Å². The Kier molecular flexibility index (Phi) is 2.81. The van der Waals surface area contributed by atoms with Crippen molar-refractivity contribution < 1.29 is 4.39 Å². The van der Waals surface area contributed by atoms with Crippen molar-refractivity contribution in [2.45, 2.75) is 24.9 Å². The number of nitrogens with one attached hydrogen (secondary N) is 2. The molecule has 0 aliphatic carbocycles. The molecule has 2 unspecified atom stereocenters. The summed E-state index contributed by atoms with van der Waals surface area (Å²) in [4.78, 5) is 4.70. The van der Waals surface area contributed by atoms with Crippen LogP contribution in [0.3, 0.4) is 0 Å². The van der Waals surface area contributed by atoms with Gasteiger partial charge in [-0.15, -0.1) is 0 Å². The Morgan fingerprint density at radius 1 is 1.29 bits per heavy atom. The normalized spacial score (nSPS) is 27.2. The first-order valence-corrected chi connectivity index (χ1v) is 6.09. The molecule has 0 aromatic heterocycles. The van der Waals surface area contributed by atoms with E-state index in [1.54, 1.807) is 0 Å². The molecule has 2 atom stereocenters. The van der Waals surface area contributed by atoms with Gasteiger partial charge in [0, 0.05) is 13.0 Å². The highest BCUT2D eigenvalue weighted by atomic mass is 19.1. The fraction of sp³-hybridized carbons (Fsp3) is 0.462. The van der Waals surface area contributed by atoms with Gasteiger partial charge in [0.05, 0.1) is 12.1 Å². The first kappa shape index (κ1) is 10.7. The molecule has 0 amide bonds. The van der Waals surface area contributed by atoms with E-state index in [0.29, 0.717) is 12.1 Å². The number of amidine groups is 1. The maximum Gasteiger partial charge on any atom is 0.123 e. The number of fused-ring (bicyclic) bond motifs is 1. The van der Waals surface area contributed by atoms with Crippen LogP contribution in [0.15, 0.2) is 29.3 Å². The Morgan fingerprint density at radius 3 is 2.88 bits per heavy atom. The Hall–Kier alpha value is -1.42. The number of hydrogen-bond acceptors (Lipinski definition) is 3. The molecule has 2 aliphatic rings. The van der Waals surface area contributed by atoms with E-state index in [9.17, 15) is 4.39 Å². The third-order valence-electron chi connectivity index (χ3n) is 3.40. The fourth-order valence-electron chi connectivity index (χ4n) is 2.49. The molecule has 0 spiro atoms. The van der Waals surface area contributed by atoms with E-state index < -0.39 is 0 Å². The van der Waals surface area contributed by atoms with Gasteiger partial charge in [-0.25, -0.2) is 4.39 Å². The average Bonchev–Trinajstić information content (AvgIpc) is 2.74. The van der Waals surface area contributed by atoms with E-state index in [1.807, 2.05) is 12.1 Å². The zero-order valence-corrected chi connectivity index (χ0v) is 9.62. The lowest BCUT2D eigenvalue weighted by atomic mass is 10.0. The van der Waals surface area contributed by atoms with Crippen LogP contribution in [0.2, 0.25) is 0 Å². The summed E-state index contributed by atoms with van der Waals surface area (Å²) in [6, 6.07) is 7.50. The van der Waals surface area contributed by atoms with Crippen molar-refractivity contribution in [2.75, 3.05) is 13.1 Å². The summed E-state index contributed by atoms with van der Waals surface area (Å²) in [5.41, 5.74) is 1.10.